The molecule has 0 aliphatic carbocycles. The van der Waals surface area contributed by atoms with Gasteiger partial charge < -0.3 is 9.88 Å². The van der Waals surface area contributed by atoms with Crippen LogP contribution < -0.4 is 5.32 Å². The van der Waals surface area contributed by atoms with Crippen molar-refractivity contribution in [3.63, 3.8) is 0 Å². The van der Waals surface area contributed by atoms with Gasteiger partial charge in [-0.3, -0.25) is 0 Å². The average Bonchev–Trinajstić information content (AvgIpc) is 2.78. The summed E-state index contributed by atoms with van der Waals surface area (Å²) < 4.78 is 2.45. The van der Waals surface area contributed by atoms with Gasteiger partial charge in [-0.2, -0.15) is 0 Å². The monoisotopic (exact) mass is 257 g/mol. The van der Waals surface area contributed by atoms with Crippen molar-refractivity contribution in [3.8, 4) is 0 Å². The fourth-order valence-electron chi connectivity index (χ4n) is 3.04. The molecule has 2 aromatic rings. The Balaban J connectivity index is 2.05. The molecule has 19 heavy (non-hydrogen) atoms. The second-order valence-corrected chi connectivity index (χ2v) is 5.99. The number of piperidine rings is 1. The number of hydrogen-bond acceptors (Lipinski definition) is 2. The van der Waals surface area contributed by atoms with Gasteiger partial charge in [0.25, 0.3) is 0 Å². The molecule has 1 saturated heterocycles. The van der Waals surface area contributed by atoms with Crippen LogP contribution in [0.15, 0.2) is 24.3 Å². The maximum Gasteiger partial charge on any atom is 0.113 e. The number of aromatic nitrogens is 2. The van der Waals surface area contributed by atoms with Crippen molar-refractivity contribution in [2.24, 2.45) is 5.92 Å². The van der Waals surface area contributed by atoms with Crippen molar-refractivity contribution in [1.29, 1.82) is 0 Å². The van der Waals surface area contributed by atoms with E-state index in [-0.39, 0.29) is 0 Å². The van der Waals surface area contributed by atoms with Crippen molar-refractivity contribution in [3.05, 3.63) is 30.1 Å². The zero-order chi connectivity index (χ0) is 13.2. The van der Waals surface area contributed by atoms with Crippen LogP contribution in [-0.2, 0) is 6.54 Å². The van der Waals surface area contributed by atoms with E-state index in [4.69, 9.17) is 4.98 Å². The van der Waals surface area contributed by atoms with Gasteiger partial charge in [0, 0.05) is 12.5 Å². The van der Waals surface area contributed by atoms with Crippen LogP contribution in [-0.4, -0.2) is 22.6 Å². The quantitative estimate of drug-likeness (QED) is 0.915. The number of imidazole rings is 1. The lowest BCUT2D eigenvalue weighted by molar-refractivity contribution is 0.419. The minimum absolute atomic E-state index is 0.618. The molecular weight excluding hydrogens is 234 g/mol. The largest absolute Gasteiger partial charge is 0.327 e. The van der Waals surface area contributed by atoms with Gasteiger partial charge in [0.2, 0.25) is 0 Å². The fraction of sp³-hybridized carbons (Fsp3) is 0.562. The second kappa shape index (κ2) is 5.33. The Labute approximate surface area is 115 Å². The molecule has 0 saturated carbocycles. The normalized spacial score (nSPS) is 17.4. The van der Waals surface area contributed by atoms with Gasteiger partial charge >= 0.3 is 0 Å². The summed E-state index contributed by atoms with van der Waals surface area (Å²) in [4.78, 5) is 4.92. The molecule has 1 aliphatic heterocycles. The summed E-state index contributed by atoms with van der Waals surface area (Å²) in [6, 6.07) is 8.54. The first-order valence-corrected chi connectivity index (χ1v) is 7.41. The highest BCUT2D eigenvalue weighted by Gasteiger charge is 2.22. The van der Waals surface area contributed by atoms with Crippen molar-refractivity contribution >= 4 is 11.0 Å². The van der Waals surface area contributed by atoms with Gasteiger partial charge in [-0.15, -0.1) is 0 Å². The Hall–Kier alpha value is -1.35. The van der Waals surface area contributed by atoms with Crippen molar-refractivity contribution in [2.45, 2.75) is 39.2 Å². The number of nitrogens with one attached hydrogen (secondary N) is 1. The van der Waals surface area contributed by atoms with Gasteiger partial charge in [-0.1, -0.05) is 26.0 Å². The minimum atomic E-state index is 0.618. The number of para-hydroxylation sites is 2. The van der Waals surface area contributed by atoms with Crippen LogP contribution in [0.25, 0.3) is 11.0 Å². The zero-order valence-corrected chi connectivity index (χ0v) is 11.9. The highest BCUT2D eigenvalue weighted by atomic mass is 15.1. The third-order valence-corrected chi connectivity index (χ3v) is 3.94. The highest BCUT2D eigenvalue weighted by Crippen LogP contribution is 2.28. The zero-order valence-electron chi connectivity index (χ0n) is 11.9. The summed E-state index contributed by atoms with van der Waals surface area (Å²) >= 11 is 0. The number of rotatable bonds is 3. The van der Waals surface area contributed by atoms with E-state index in [0.717, 1.165) is 25.2 Å². The summed E-state index contributed by atoms with van der Waals surface area (Å²) in [7, 11) is 0. The number of fused-ring (bicyclic) bond motifs is 1. The third-order valence-electron chi connectivity index (χ3n) is 3.94. The van der Waals surface area contributed by atoms with E-state index in [1.807, 2.05) is 0 Å². The molecule has 0 amide bonds. The SMILES string of the molecule is CC(C)Cn1c(C2CCNCC2)nc2ccccc21. The lowest BCUT2D eigenvalue weighted by atomic mass is 9.97. The molecule has 1 aromatic carbocycles. The van der Waals surface area contributed by atoms with E-state index in [0.29, 0.717) is 11.8 Å². The molecule has 0 spiro atoms. The van der Waals surface area contributed by atoms with Gasteiger partial charge in [-0.25, -0.2) is 4.98 Å². The maximum atomic E-state index is 4.92. The fourth-order valence-corrected chi connectivity index (χ4v) is 3.04. The molecule has 3 rings (SSSR count). The summed E-state index contributed by atoms with van der Waals surface area (Å²) in [6.07, 6.45) is 2.42. The van der Waals surface area contributed by atoms with Gasteiger partial charge in [0.05, 0.1) is 11.0 Å². The highest BCUT2D eigenvalue weighted by molar-refractivity contribution is 5.76. The minimum Gasteiger partial charge on any atom is -0.327 e. The first-order chi connectivity index (χ1) is 9.25. The second-order valence-electron chi connectivity index (χ2n) is 5.99. The average molecular weight is 257 g/mol. The molecule has 3 nitrogen and oxygen atoms in total. The van der Waals surface area contributed by atoms with E-state index in [1.165, 1.54) is 24.2 Å². The number of benzene rings is 1. The van der Waals surface area contributed by atoms with Crippen LogP contribution >= 0.6 is 0 Å². The van der Waals surface area contributed by atoms with Crippen LogP contribution in [0.2, 0.25) is 0 Å². The number of hydrogen-bond donors (Lipinski definition) is 1. The molecule has 1 aliphatic rings. The lowest BCUT2D eigenvalue weighted by Gasteiger charge is -2.23. The van der Waals surface area contributed by atoms with Crippen molar-refractivity contribution in [2.75, 3.05) is 13.1 Å². The predicted molar refractivity (Wildman–Crippen MR) is 79.4 cm³/mol. The molecule has 0 atom stereocenters. The summed E-state index contributed by atoms with van der Waals surface area (Å²) in [6.45, 7) is 7.87. The third kappa shape index (κ3) is 2.52. The van der Waals surface area contributed by atoms with E-state index in [1.54, 1.807) is 0 Å². The standard InChI is InChI=1S/C16H23N3/c1-12(2)11-19-15-6-4-3-5-14(15)18-16(19)13-7-9-17-10-8-13/h3-6,12-13,17H,7-11H2,1-2H3. The smallest absolute Gasteiger partial charge is 0.113 e. The Morgan fingerprint density at radius 1 is 1.26 bits per heavy atom. The van der Waals surface area contributed by atoms with Crippen LogP contribution in [0.5, 0.6) is 0 Å². The Bertz CT molecular complexity index is 550. The molecule has 102 valence electrons. The van der Waals surface area contributed by atoms with E-state index in [9.17, 15) is 0 Å². The maximum absolute atomic E-state index is 4.92. The molecule has 1 fully saturated rings. The van der Waals surface area contributed by atoms with E-state index < -0.39 is 0 Å². The van der Waals surface area contributed by atoms with Crippen molar-refractivity contribution in [1.82, 2.24) is 14.9 Å². The van der Waals surface area contributed by atoms with Gasteiger partial charge in [0.15, 0.2) is 0 Å². The van der Waals surface area contributed by atoms with Crippen LogP contribution in [0.1, 0.15) is 38.4 Å². The lowest BCUT2D eigenvalue weighted by Crippen LogP contribution is -2.28. The first kappa shape index (κ1) is 12.7. The topological polar surface area (TPSA) is 29.9 Å². The Morgan fingerprint density at radius 3 is 2.74 bits per heavy atom. The van der Waals surface area contributed by atoms with Crippen molar-refractivity contribution < 1.29 is 0 Å². The van der Waals surface area contributed by atoms with E-state index >= 15 is 0 Å². The van der Waals surface area contributed by atoms with Gasteiger partial charge in [0.1, 0.15) is 5.82 Å². The molecule has 3 heteroatoms. The summed E-state index contributed by atoms with van der Waals surface area (Å²) in [5, 5.41) is 3.44. The molecule has 1 N–H and O–H groups in total. The van der Waals surface area contributed by atoms with Gasteiger partial charge in [-0.05, 0) is 44.0 Å². The Kier molecular flexibility index (Phi) is 3.56. The van der Waals surface area contributed by atoms with Crippen LogP contribution in [0.3, 0.4) is 0 Å². The van der Waals surface area contributed by atoms with Crippen LogP contribution in [0, 0.1) is 5.92 Å². The van der Waals surface area contributed by atoms with Crippen LogP contribution in [0.4, 0.5) is 0 Å². The Morgan fingerprint density at radius 2 is 2.00 bits per heavy atom. The summed E-state index contributed by atoms with van der Waals surface area (Å²) in [5.41, 5.74) is 2.45. The molecule has 2 heterocycles. The first-order valence-electron chi connectivity index (χ1n) is 7.41. The molecule has 0 bridgehead atoms. The molecule has 0 radical (unpaired) electrons. The van der Waals surface area contributed by atoms with E-state index in [2.05, 4.69) is 48.0 Å². The summed E-state index contributed by atoms with van der Waals surface area (Å²) in [5.74, 6) is 2.57. The molecule has 0 unspecified atom stereocenters. The molecular formula is C16H23N3. The number of nitrogens with zero attached hydrogens (tertiary/aromatic N) is 2. The molecule has 1 aromatic heterocycles. The predicted octanol–water partition coefficient (Wildman–Crippen LogP) is 3.16.